The molecule has 1 N–H and O–H groups in total. The van der Waals surface area contributed by atoms with E-state index in [1.807, 2.05) is 24.4 Å². The van der Waals surface area contributed by atoms with Crippen LogP contribution in [0, 0.1) is 0 Å². The monoisotopic (exact) mass is 327 g/mol. The van der Waals surface area contributed by atoms with Crippen molar-refractivity contribution in [3.63, 3.8) is 0 Å². The Bertz CT molecular complexity index is 668. The van der Waals surface area contributed by atoms with Crippen LogP contribution in [0.4, 0.5) is 17.5 Å². The first kappa shape index (κ1) is 16.4. The van der Waals surface area contributed by atoms with Crippen molar-refractivity contribution >= 4 is 17.5 Å². The van der Waals surface area contributed by atoms with Crippen molar-refractivity contribution in [2.45, 2.75) is 19.9 Å². The third kappa shape index (κ3) is 3.69. The summed E-state index contributed by atoms with van der Waals surface area (Å²) < 4.78 is 5.48. The standard InChI is InChI=1S/C18H25N5O/c1-14(2)20-18-19-9-8-17(21-18)23-12-10-22(11-13-23)15-6-4-5-7-16(15)24-3/h4-9,14H,10-13H2,1-3H3,(H,19,20,21). The number of benzene rings is 1. The van der Waals surface area contributed by atoms with Gasteiger partial charge in [-0.1, -0.05) is 12.1 Å². The van der Waals surface area contributed by atoms with Gasteiger partial charge < -0.3 is 19.9 Å². The molecule has 0 atom stereocenters. The highest BCUT2D eigenvalue weighted by Gasteiger charge is 2.20. The molecule has 0 bridgehead atoms. The van der Waals surface area contributed by atoms with Crippen LogP contribution in [0.3, 0.4) is 0 Å². The van der Waals surface area contributed by atoms with Gasteiger partial charge in [0.15, 0.2) is 0 Å². The van der Waals surface area contributed by atoms with Crippen molar-refractivity contribution in [2.75, 3.05) is 48.4 Å². The second-order valence-electron chi connectivity index (χ2n) is 6.18. The van der Waals surface area contributed by atoms with Crippen LogP contribution in [-0.2, 0) is 0 Å². The molecule has 0 spiro atoms. The van der Waals surface area contributed by atoms with Crippen LogP contribution < -0.4 is 19.9 Å². The average molecular weight is 327 g/mol. The number of methoxy groups -OCH3 is 1. The Hall–Kier alpha value is -2.50. The first-order chi connectivity index (χ1) is 11.7. The van der Waals surface area contributed by atoms with Crippen LogP contribution >= 0.6 is 0 Å². The highest BCUT2D eigenvalue weighted by molar-refractivity contribution is 5.59. The quantitative estimate of drug-likeness (QED) is 0.911. The molecule has 0 unspecified atom stereocenters. The van der Waals surface area contributed by atoms with Crippen molar-refractivity contribution in [3.8, 4) is 5.75 Å². The number of rotatable bonds is 5. The normalized spacial score (nSPS) is 14.8. The van der Waals surface area contributed by atoms with Crippen LogP contribution in [0.15, 0.2) is 36.5 Å². The number of para-hydroxylation sites is 2. The predicted octanol–water partition coefficient (Wildman–Crippen LogP) is 2.63. The van der Waals surface area contributed by atoms with E-state index < -0.39 is 0 Å². The molecule has 2 aromatic rings. The van der Waals surface area contributed by atoms with Gasteiger partial charge in [-0.05, 0) is 32.0 Å². The Labute approximate surface area is 143 Å². The summed E-state index contributed by atoms with van der Waals surface area (Å²) in [7, 11) is 1.72. The molecule has 6 heteroatoms. The number of hydrogen-bond acceptors (Lipinski definition) is 6. The highest BCUT2D eigenvalue weighted by Crippen LogP contribution is 2.29. The van der Waals surface area contributed by atoms with E-state index >= 15 is 0 Å². The van der Waals surface area contributed by atoms with Crippen LogP contribution in [-0.4, -0.2) is 49.3 Å². The molecule has 1 aromatic heterocycles. The van der Waals surface area contributed by atoms with Crippen LogP contribution in [0.2, 0.25) is 0 Å². The predicted molar refractivity (Wildman–Crippen MR) is 98.2 cm³/mol. The van der Waals surface area contributed by atoms with Gasteiger partial charge in [-0.2, -0.15) is 4.98 Å². The molecule has 0 amide bonds. The molecule has 3 rings (SSSR count). The van der Waals surface area contributed by atoms with E-state index in [-0.39, 0.29) is 0 Å². The van der Waals surface area contributed by atoms with E-state index in [0.717, 1.165) is 43.4 Å². The maximum atomic E-state index is 5.48. The molecule has 6 nitrogen and oxygen atoms in total. The van der Waals surface area contributed by atoms with Gasteiger partial charge in [0.2, 0.25) is 5.95 Å². The fraction of sp³-hybridized carbons (Fsp3) is 0.444. The number of ether oxygens (including phenoxy) is 1. The Kier molecular flexibility index (Phi) is 5.03. The zero-order valence-electron chi connectivity index (χ0n) is 14.6. The molecule has 1 aromatic carbocycles. The van der Waals surface area contributed by atoms with Gasteiger partial charge in [0.05, 0.1) is 12.8 Å². The van der Waals surface area contributed by atoms with E-state index in [0.29, 0.717) is 12.0 Å². The summed E-state index contributed by atoms with van der Waals surface area (Å²) >= 11 is 0. The summed E-state index contributed by atoms with van der Waals surface area (Å²) in [4.78, 5) is 13.6. The maximum absolute atomic E-state index is 5.48. The fourth-order valence-electron chi connectivity index (χ4n) is 2.92. The number of piperazine rings is 1. The summed E-state index contributed by atoms with van der Waals surface area (Å²) in [6.07, 6.45) is 1.82. The lowest BCUT2D eigenvalue weighted by Gasteiger charge is -2.37. The first-order valence-electron chi connectivity index (χ1n) is 8.40. The molecule has 128 valence electrons. The van der Waals surface area contributed by atoms with Crippen molar-refractivity contribution in [3.05, 3.63) is 36.5 Å². The summed E-state index contributed by atoms with van der Waals surface area (Å²) in [5.41, 5.74) is 1.16. The van der Waals surface area contributed by atoms with Gasteiger partial charge in [0, 0.05) is 38.4 Å². The summed E-state index contributed by atoms with van der Waals surface area (Å²) in [6.45, 7) is 7.91. The smallest absolute Gasteiger partial charge is 0.224 e. The van der Waals surface area contributed by atoms with Crippen LogP contribution in [0.5, 0.6) is 5.75 Å². The van der Waals surface area contributed by atoms with Crippen LogP contribution in [0.1, 0.15) is 13.8 Å². The molecular weight excluding hydrogens is 302 g/mol. The van der Waals surface area contributed by atoms with Crippen molar-refractivity contribution in [1.82, 2.24) is 9.97 Å². The van der Waals surface area contributed by atoms with Crippen molar-refractivity contribution < 1.29 is 4.74 Å². The minimum Gasteiger partial charge on any atom is -0.495 e. The third-order valence-corrected chi connectivity index (χ3v) is 4.09. The summed E-state index contributed by atoms with van der Waals surface area (Å²) in [5.74, 6) is 2.60. The summed E-state index contributed by atoms with van der Waals surface area (Å²) in [5, 5.41) is 3.26. The number of nitrogens with one attached hydrogen (secondary N) is 1. The number of anilines is 3. The van der Waals surface area contributed by atoms with Gasteiger partial charge in [-0.25, -0.2) is 4.98 Å². The number of nitrogens with zero attached hydrogens (tertiary/aromatic N) is 4. The molecule has 1 aliphatic rings. The van der Waals surface area contributed by atoms with E-state index in [4.69, 9.17) is 4.74 Å². The topological polar surface area (TPSA) is 53.5 Å². The maximum Gasteiger partial charge on any atom is 0.224 e. The second kappa shape index (κ2) is 7.38. The molecule has 1 fully saturated rings. The zero-order valence-corrected chi connectivity index (χ0v) is 14.6. The zero-order chi connectivity index (χ0) is 16.9. The average Bonchev–Trinajstić information content (AvgIpc) is 2.61. The van der Waals surface area contributed by atoms with E-state index in [9.17, 15) is 0 Å². The van der Waals surface area contributed by atoms with Gasteiger partial charge in [0.25, 0.3) is 0 Å². The molecule has 0 saturated carbocycles. The SMILES string of the molecule is COc1ccccc1N1CCN(c2ccnc(NC(C)C)n2)CC1. The molecule has 1 saturated heterocycles. The summed E-state index contributed by atoms with van der Waals surface area (Å²) in [6, 6.07) is 10.5. The molecule has 2 heterocycles. The van der Waals surface area contributed by atoms with E-state index in [1.165, 1.54) is 0 Å². The third-order valence-electron chi connectivity index (χ3n) is 4.09. The van der Waals surface area contributed by atoms with Gasteiger partial charge in [0.1, 0.15) is 11.6 Å². The van der Waals surface area contributed by atoms with Gasteiger partial charge >= 0.3 is 0 Å². The molecule has 0 radical (unpaired) electrons. The molecule has 1 aliphatic heterocycles. The fourth-order valence-corrected chi connectivity index (χ4v) is 2.92. The lowest BCUT2D eigenvalue weighted by molar-refractivity contribution is 0.413. The minimum atomic E-state index is 0.322. The Balaban J connectivity index is 1.67. The minimum absolute atomic E-state index is 0.322. The Morgan fingerprint density at radius 3 is 2.46 bits per heavy atom. The second-order valence-corrected chi connectivity index (χ2v) is 6.18. The number of hydrogen-bond donors (Lipinski definition) is 1. The van der Waals surface area contributed by atoms with Gasteiger partial charge in [-0.3, -0.25) is 0 Å². The first-order valence-corrected chi connectivity index (χ1v) is 8.40. The molecule has 24 heavy (non-hydrogen) atoms. The van der Waals surface area contributed by atoms with E-state index in [2.05, 4.69) is 51.1 Å². The highest BCUT2D eigenvalue weighted by atomic mass is 16.5. The lowest BCUT2D eigenvalue weighted by atomic mass is 10.2. The van der Waals surface area contributed by atoms with Crippen molar-refractivity contribution in [2.24, 2.45) is 0 Å². The van der Waals surface area contributed by atoms with Crippen LogP contribution in [0.25, 0.3) is 0 Å². The lowest BCUT2D eigenvalue weighted by Crippen LogP contribution is -2.47. The molecular formula is C18H25N5O. The Morgan fingerprint density at radius 2 is 1.75 bits per heavy atom. The van der Waals surface area contributed by atoms with Gasteiger partial charge in [-0.15, -0.1) is 0 Å². The molecule has 0 aliphatic carbocycles. The van der Waals surface area contributed by atoms with E-state index in [1.54, 1.807) is 7.11 Å². The largest absolute Gasteiger partial charge is 0.495 e. The van der Waals surface area contributed by atoms with Crippen molar-refractivity contribution in [1.29, 1.82) is 0 Å². The Morgan fingerprint density at radius 1 is 1.04 bits per heavy atom. The number of aromatic nitrogens is 2.